The highest BCUT2D eigenvalue weighted by Gasteiger charge is 2.28. The van der Waals surface area contributed by atoms with Crippen molar-refractivity contribution < 1.29 is 18.8 Å². The molecule has 1 fully saturated rings. The summed E-state index contributed by atoms with van der Waals surface area (Å²) in [5, 5.41) is 4.53. The van der Waals surface area contributed by atoms with Gasteiger partial charge in [-0.3, -0.25) is 9.59 Å². The van der Waals surface area contributed by atoms with E-state index in [1.165, 1.54) is 23.5 Å². The maximum absolute atomic E-state index is 13.2. The zero-order valence-electron chi connectivity index (χ0n) is 15.4. The standard InChI is InChI=1S/C19H20ClFN4O3S/c20-14-10-12(21)3-4-13(14)18(27)25-7-5-24(6-8-25)17(26)11-15(23-19(22)28)16-2-1-9-29-16/h1-4,9-10,15H,5-8,11H2,(H3,22,23,28). The molecule has 3 N–H and O–H groups in total. The van der Waals surface area contributed by atoms with Crippen LogP contribution in [0.25, 0.3) is 0 Å². The molecule has 1 atom stereocenters. The maximum Gasteiger partial charge on any atom is 0.312 e. The zero-order chi connectivity index (χ0) is 21.0. The molecule has 0 spiro atoms. The van der Waals surface area contributed by atoms with Gasteiger partial charge in [0.2, 0.25) is 5.91 Å². The smallest absolute Gasteiger partial charge is 0.312 e. The number of urea groups is 1. The van der Waals surface area contributed by atoms with Crippen LogP contribution in [0.3, 0.4) is 0 Å². The predicted molar refractivity (Wildman–Crippen MR) is 108 cm³/mol. The van der Waals surface area contributed by atoms with Gasteiger partial charge in [-0.1, -0.05) is 17.7 Å². The fraction of sp³-hybridized carbons (Fsp3) is 0.316. The van der Waals surface area contributed by atoms with E-state index >= 15 is 0 Å². The number of nitrogens with two attached hydrogens (primary N) is 1. The van der Waals surface area contributed by atoms with Gasteiger partial charge in [0, 0.05) is 31.1 Å². The average molecular weight is 439 g/mol. The highest BCUT2D eigenvalue weighted by molar-refractivity contribution is 7.10. The molecule has 29 heavy (non-hydrogen) atoms. The third kappa shape index (κ3) is 5.24. The molecule has 10 heteroatoms. The normalized spacial score (nSPS) is 15.1. The number of carbonyl (C=O) groups is 3. The average Bonchev–Trinajstić information content (AvgIpc) is 3.21. The zero-order valence-corrected chi connectivity index (χ0v) is 17.0. The Bertz CT molecular complexity index is 901. The van der Waals surface area contributed by atoms with Crippen molar-refractivity contribution in [2.45, 2.75) is 12.5 Å². The van der Waals surface area contributed by atoms with Crippen molar-refractivity contribution in [3.63, 3.8) is 0 Å². The van der Waals surface area contributed by atoms with E-state index in [2.05, 4.69) is 5.32 Å². The van der Waals surface area contributed by atoms with Gasteiger partial charge in [-0.15, -0.1) is 11.3 Å². The van der Waals surface area contributed by atoms with E-state index in [0.717, 1.165) is 10.9 Å². The molecular formula is C19H20ClFN4O3S. The van der Waals surface area contributed by atoms with E-state index in [1.54, 1.807) is 9.80 Å². The first-order chi connectivity index (χ1) is 13.8. The Morgan fingerprint density at radius 2 is 1.86 bits per heavy atom. The van der Waals surface area contributed by atoms with Crippen LogP contribution in [0.2, 0.25) is 5.02 Å². The van der Waals surface area contributed by atoms with Crippen LogP contribution < -0.4 is 11.1 Å². The van der Waals surface area contributed by atoms with Crippen molar-refractivity contribution in [1.29, 1.82) is 0 Å². The molecule has 7 nitrogen and oxygen atoms in total. The Hall–Kier alpha value is -2.65. The van der Waals surface area contributed by atoms with Crippen molar-refractivity contribution >= 4 is 40.8 Å². The summed E-state index contributed by atoms with van der Waals surface area (Å²) in [5.74, 6) is -0.940. The minimum atomic E-state index is -0.692. The fourth-order valence-corrected chi connectivity index (χ4v) is 4.21. The number of hydrogen-bond acceptors (Lipinski definition) is 4. The Kier molecular flexibility index (Phi) is 6.71. The minimum absolute atomic E-state index is 0.0600. The number of thiophene rings is 1. The van der Waals surface area contributed by atoms with Crippen LogP contribution in [-0.2, 0) is 4.79 Å². The van der Waals surface area contributed by atoms with Crippen LogP contribution >= 0.6 is 22.9 Å². The number of nitrogens with zero attached hydrogens (tertiary/aromatic N) is 2. The quantitative estimate of drug-likeness (QED) is 0.751. The van der Waals surface area contributed by atoms with E-state index in [0.29, 0.717) is 26.2 Å². The van der Waals surface area contributed by atoms with Gasteiger partial charge in [0.05, 0.1) is 23.0 Å². The fourth-order valence-electron chi connectivity index (χ4n) is 3.18. The van der Waals surface area contributed by atoms with Crippen molar-refractivity contribution in [3.8, 4) is 0 Å². The molecule has 3 rings (SSSR count). The molecule has 1 saturated heterocycles. The van der Waals surface area contributed by atoms with Gasteiger partial charge >= 0.3 is 6.03 Å². The third-order valence-electron chi connectivity index (χ3n) is 4.66. The second kappa shape index (κ2) is 9.23. The molecule has 0 bridgehead atoms. The van der Waals surface area contributed by atoms with Gasteiger partial charge in [-0.2, -0.15) is 0 Å². The van der Waals surface area contributed by atoms with Crippen LogP contribution in [0.5, 0.6) is 0 Å². The van der Waals surface area contributed by atoms with Gasteiger partial charge in [0.15, 0.2) is 0 Å². The molecule has 2 aromatic rings. The summed E-state index contributed by atoms with van der Waals surface area (Å²) in [6, 6.07) is 6.15. The Morgan fingerprint density at radius 1 is 1.17 bits per heavy atom. The number of primary amides is 1. The molecule has 2 heterocycles. The molecule has 1 aromatic heterocycles. The summed E-state index contributed by atoms with van der Waals surface area (Å²) in [4.78, 5) is 40.7. The van der Waals surface area contributed by atoms with E-state index in [4.69, 9.17) is 17.3 Å². The second-order valence-electron chi connectivity index (χ2n) is 6.58. The van der Waals surface area contributed by atoms with Crippen molar-refractivity contribution in [3.05, 3.63) is 57.0 Å². The SMILES string of the molecule is NC(=O)NC(CC(=O)N1CCN(C(=O)c2ccc(F)cc2Cl)CC1)c1cccs1. The van der Waals surface area contributed by atoms with Crippen LogP contribution in [-0.4, -0.2) is 53.8 Å². The number of piperazine rings is 1. The predicted octanol–water partition coefficient (Wildman–Crippen LogP) is 2.62. The van der Waals surface area contributed by atoms with Crippen molar-refractivity contribution in [2.75, 3.05) is 26.2 Å². The molecule has 1 aliphatic rings. The van der Waals surface area contributed by atoms with Gasteiger partial charge in [-0.25, -0.2) is 9.18 Å². The van der Waals surface area contributed by atoms with Crippen LogP contribution in [0, 0.1) is 5.82 Å². The topological polar surface area (TPSA) is 95.7 Å². The highest BCUT2D eigenvalue weighted by Crippen LogP contribution is 2.24. The molecule has 1 aromatic carbocycles. The summed E-state index contributed by atoms with van der Waals surface area (Å²) >= 11 is 7.41. The lowest BCUT2D eigenvalue weighted by Crippen LogP contribution is -2.51. The van der Waals surface area contributed by atoms with Gasteiger partial charge in [-0.05, 0) is 29.6 Å². The summed E-state index contributed by atoms with van der Waals surface area (Å²) < 4.78 is 13.2. The van der Waals surface area contributed by atoms with E-state index in [9.17, 15) is 18.8 Å². The number of amides is 4. The Balaban J connectivity index is 1.58. The number of halogens is 2. The molecule has 1 aliphatic heterocycles. The first kappa shape index (κ1) is 21.1. The molecule has 0 saturated carbocycles. The number of nitrogens with one attached hydrogen (secondary N) is 1. The maximum atomic E-state index is 13.2. The van der Waals surface area contributed by atoms with Crippen LogP contribution in [0.15, 0.2) is 35.7 Å². The van der Waals surface area contributed by atoms with Crippen LogP contribution in [0.4, 0.5) is 9.18 Å². The molecule has 4 amide bonds. The summed E-state index contributed by atoms with van der Waals surface area (Å²) in [6.45, 7) is 1.39. The molecule has 0 radical (unpaired) electrons. The van der Waals surface area contributed by atoms with E-state index < -0.39 is 17.9 Å². The molecular weight excluding hydrogens is 419 g/mol. The summed E-state index contributed by atoms with van der Waals surface area (Å²) in [7, 11) is 0. The van der Waals surface area contributed by atoms with Gasteiger partial charge in [0.1, 0.15) is 5.82 Å². The summed E-state index contributed by atoms with van der Waals surface area (Å²) in [6.07, 6.45) is 0.0845. The summed E-state index contributed by atoms with van der Waals surface area (Å²) in [5.41, 5.74) is 5.47. The van der Waals surface area contributed by atoms with E-state index in [1.807, 2.05) is 17.5 Å². The number of hydrogen-bond donors (Lipinski definition) is 2. The Labute approximate surface area is 176 Å². The Morgan fingerprint density at radius 3 is 2.45 bits per heavy atom. The molecule has 1 unspecified atom stereocenters. The number of carbonyl (C=O) groups excluding carboxylic acids is 3. The number of rotatable bonds is 5. The lowest BCUT2D eigenvalue weighted by atomic mass is 10.1. The third-order valence-corrected chi connectivity index (χ3v) is 5.96. The van der Waals surface area contributed by atoms with Crippen molar-refractivity contribution in [2.24, 2.45) is 5.73 Å². The largest absolute Gasteiger partial charge is 0.352 e. The van der Waals surface area contributed by atoms with Crippen molar-refractivity contribution in [1.82, 2.24) is 15.1 Å². The first-order valence-corrected chi connectivity index (χ1v) is 10.2. The molecule has 0 aliphatic carbocycles. The monoisotopic (exact) mass is 438 g/mol. The molecule has 154 valence electrons. The van der Waals surface area contributed by atoms with Crippen LogP contribution in [0.1, 0.15) is 27.7 Å². The lowest BCUT2D eigenvalue weighted by molar-refractivity contribution is -0.133. The first-order valence-electron chi connectivity index (χ1n) is 8.96. The minimum Gasteiger partial charge on any atom is -0.352 e. The lowest BCUT2D eigenvalue weighted by Gasteiger charge is -2.35. The second-order valence-corrected chi connectivity index (χ2v) is 7.96. The van der Waals surface area contributed by atoms with Gasteiger partial charge in [0.25, 0.3) is 5.91 Å². The number of benzene rings is 1. The highest BCUT2D eigenvalue weighted by atomic mass is 35.5. The van der Waals surface area contributed by atoms with E-state index in [-0.39, 0.29) is 28.8 Å². The van der Waals surface area contributed by atoms with Gasteiger partial charge < -0.3 is 20.9 Å².